The minimum absolute atomic E-state index is 0.405. The Labute approximate surface area is 106 Å². The van der Waals surface area contributed by atoms with Crippen LogP contribution in [0.25, 0.3) is 10.7 Å². The molecule has 0 bridgehead atoms. The number of nitrogens with two attached hydrogens (primary N) is 1. The van der Waals surface area contributed by atoms with Crippen LogP contribution in [0.4, 0.5) is 0 Å². The van der Waals surface area contributed by atoms with E-state index in [4.69, 9.17) is 5.73 Å². The van der Waals surface area contributed by atoms with Gasteiger partial charge in [0.2, 0.25) is 0 Å². The Bertz CT molecular complexity index is 517. The van der Waals surface area contributed by atoms with E-state index in [0.717, 1.165) is 22.0 Å². The zero-order chi connectivity index (χ0) is 12.4. The van der Waals surface area contributed by atoms with E-state index in [2.05, 4.69) is 36.8 Å². The Morgan fingerprint density at radius 1 is 1.41 bits per heavy atom. The first-order valence-corrected chi connectivity index (χ1v) is 6.56. The molecule has 0 saturated carbocycles. The molecule has 2 aromatic heterocycles. The van der Waals surface area contributed by atoms with Crippen molar-refractivity contribution in [1.29, 1.82) is 0 Å². The molecular formula is C13H17N3S. The molecule has 0 unspecified atom stereocenters. The summed E-state index contributed by atoms with van der Waals surface area (Å²) in [6.07, 6.45) is 1.81. The fourth-order valence-electron chi connectivity index (χ4n) is 1.77. The maximum absolute atomic E-state index is 5.77. The van der Waals surface area contributed by atoms with Gasteiger partial charge in [-0.2, -0.15) is 0 Å². The summed E-state index contributed by atoms with van der Waals surface area (Å²) in [5.74, 6) is 0.405. The van der Waals surface area contributed by atoms with Crippen LogP contribution >= 0.6 is 11.3 Å². The molecule has 4 heteroatoms. The molecule has 3 nitrogen and oxygen atoms in total. The molecule has 0 aliphatic carbocycles. The summed E-state index contributed by atoms with van der Waals surface area (Å²) in [5, 5.41) is 0.979. The van der Waals surface area contributed by atoms with Crippen LogP contribution in [0, 0.1) is 6.92 Å². The van der Waals surface area contributed by atoms with Gasteiger partial charge in [0.15, 0.2) is 0 Å². The van der Waals surface area contributed by atoms with Gasteiger partial charge in [0.1, 0.15) is 10.7 Å². The van der Waals surface area contributed by atoms with Crippen LogP contribution in [0.3, 0.4) is 0 Å². The van der Waals surface area contributed by atoms with Crippen molar-refractivity contribution >= 4 is 11.3 Å². The summed E-state index contributed by atoms with van der Waals surface area (Å²) in [5.41, 5.74) is 9.00. The standard InChI is InChI=1S/C13H17N3S/c1-8(2)11-10(7-14)17-13(16-11)12-9(3)5-4-6-15-12/h4-6,8H,7,14H2,1-3H3. The number of aryl methyl sites for hydroxylation is 1. The number of hydrogen-bond donors (Lipinski definition) is 1. The van der Waals surface area contributed by atoms with Gasteiger partial charge in [0.05, 0.1) is 5.69 Å². The average molecular weight is 247 g/mol. The third-order valence-corrected chi connectivity index (χ3v) is 3.77. The normalized spacial score (nSPS) is 11.1. The van der Waals surface area contributed by atoms with Crippen LogP contribution in [0.2, 0.25) is 0 Å². The summed E-state index contributed by atoms with van der Waals surface area (Å²) in [6.45, 7) is 6.89. The van der Waals surface area contributed by atoms with Gasteiger partial charge in [-0.3, -0.25) is 4.98 Å². The van der Waals surface area contributed by atoms with E-state index in [1.807, 2.05) is 6.07 Å². The first-order valence-electron chi connectivity index (χ1n) is 5.75. The molecule has 0 radical (unpaired) electrons. The molecule has 0 amide bonds. The predicted molar refractivity (Wildman–Crippen MR) is 72.1 cm³/mol. The van der Waals surface area contributed by atoms with Crippen LogP contribution in [-0.4, -0.2) is 9.97 Å². The second kappa shape index (κ2) is 4.94. The monoisotopic (exact) mass is 247 g/mol. The number of pyridine rings is 1. The molecule has 0 atom stereocenters. The van der Waals surface area contributed by atoms with Crippen LogP contribution < -0.4 is 5.73 Å². The third-order valence-electron chi connectivity index (χ3n) is 2.67. The van der Waals surface area contributed by atoms with Gasteiger partial charge in [-0.05, 0) is 24.5 Å². The van der Waals surface area contributed by atoms with E-state index in [1.165, 1.54) is 4.88 Å². The lowest BCUT2D eigenvalue weighted by molar-refractivity contribution is 0.813. The average Bonchev–Trinajstić information content (AvgIpc) is 2.73. The van der Waals surface area contributed by atoms with Crippen LogP contribution in [-0.2, 0) is 6.54 Å². The number of rotatable bonds is 3. The topological polar surface area (TPSA) is 51.8 Å². The van der Waals surface area contributed by atoms with E-state index in [-0.39, 0.29) is 0 Å². The van der Waals surface area contributed by atoms with Gasteiger partial charge in [-0.1, -0.05) is 19.9 Å². The van der Waals surface area contributed by atoms with Gasteiger partial charge in [0.25, 0.3) is 0 Å². The highest BCUT2D eigenvalue weighted by Gasteiger charge is 2.15. The summed E-state index contributed by atoms with van der Waals surface area (Å²) < 4.78 is 0. The van der Waals surface area contributed by atoms with Gasteiger partial charge in [-0.15, -0.1) is 11.3 Å². The molecule has 2 heterocycles. The quantitative estimate of drug-likeness (QED) is 0.906. The molecule has 90 valence electrons. The number of hydrogen-bond acceptors (Lipinski definition) is 4. The Kier molecular flexibility index (Phi) is 3.54. The Balaban J connectivity index is 2.51. The molecule has 0 aliphatic rings. The fraction of sp³-hybridized carbons (Fsp3) is 0.385. The van der Waals surface area contributed by atoms with Crippen LogP contribution in [0.1, 0.15) is 35.9 Å². The highest BCUT2D eigenvalue weighted by Crippen LogP contribution is 2.31. The zero-order valence-electron chi connectivity index (χ0n) is 10.4. The molecule has 0 spiro atoms. The van der Waals surface area contributed by atoms with Crippen LogP contribution in [0.5, 0.6) is 0 Å². The summed E-state index contributed by atoms with van der Waals surface area (Å²) in [7, 11) is 0. The predicted octanol–water partition coefficient (Wildman–Crippen LogP) is 3.10. The van der Waals surface area contributed by atoms with Crippen molar-refractivity contribution in [1.82, 2.24) is 9.97 Å². The molecule has 2 N–H and O–H groups in total. The van der Waals surface area contributed by atoms with Crippen molar-refractivity contribution < 1.29 is 0 Å². The van der Waals surface area contributed by atoms with Gasteiger partial charge in [-0.25, -0.2) is 4.98 Å². The van der Waals surface area contributed by atoms with Gasteiger partial charge in [0, 0.05) is 17.6 Å². The highest BCUT2D eigenvalue weighted by molar-refractivity contribution is 7.15. The molecule has 0 aromatic carbocycles. The van der Waals surface area contributed by atoms with Crippen molar-refractivity contribution in [3.8, 4) is 10.7 Å². The van der Waals surface area contributed by atoms with E-state index < -0.39 is 0 Å². The van der Waals surface area contributed by atoms with Crippen molar-refractivity contribution in [2.75, 3.05) is 0 Å². The second-order valence-corrected chi connectivity index (χ2v) is 5.44. The minimum Gasteiger partial charge on any atom is -0.326 e. The molecule has 2 aromatic rings. The lowest BCUT2D eigenvalue weighted by atomic mass is 10.1. The summed E-state index contributed by atoms with van der Waals surface area (Å²) >= 11 is 1.66. The van der Waals surface area contributed by atoms with E-state index in [0.29, 0.717) is 12.5 Å². The van der Waals surface area contributed by atoms with Crippen molar-refractivity contribution in [3.63, 3.8) is 0 Å². The van der Waals surface area contributed by atoms with E-state index >= 15 is 0 Å². The molecule has 2 rings (SSSR count). The third kappa shape index (κ3) is 2.37. The summed E-state index contributed by atoms with van der Waals surface area (Å²) in [6, 6.07) is 4.00. The Morgan fingerprint density at radius 3 is 2.71 bits per heavy atom. The maximum Gasteiger partial charge on any atom is 0.142 e. The first kappa shape index (κ1) is 12.2. The lowest BCUT2D eigenvalue weighted by Gasteiger charge is -2.02. The number of thiazole rings is 1. The fourth-order valence-corrected chi connectivity index (χ4v) is 2.93. The zero-order valence-corrected chi connectivity index (χ0v) is 11.2. The molecule has 17 heavy (non-hydrogen) atoms. The Morgan fingerprint density at radius 2 is 2.18 bits per heavy atom. The molecular weight excluding hydrogens is 230 g/mol. The first-order chi connectivity index (χ1) is 8.13. The smallest absolute Gasteiger partial charge is 0.142 e. The molecule has 0 saturated heterocycles. The van der Waals surface area contributed by atoms with E-state index in [9.17, 15) is 0 Å². The SMILES string of the molecule is Cc1cccnc1-c1nc(C(C)C)c(CN)s1. The van der Waals surface area contributed by atoms with Gasteiger partial charge < -0.3 is 5.73 Å². The molecule has 0 fully saturated rings. The highest BCUT2D eigenvalue weighted by atomic mass is 32.1. The maximum atomic E-state index is 5.77. The second-order valence-electron chi connectivity index (χ2n) is 4.36. The Hall–Kier alpha value is -1.26. The van der Waals surface area contributed by atoms with Crippen molar-refractivity contribution in [2.45, 2.75) is 33.2 Å². The lowest BCUT2D eigenvalue weighted by Crippen LogP contribution is -1.99. The minimum atomic E-state index is 0.405. The molecule has 0 aliphatic heterocycles. The largest absolute Gasteiger partial charge is 0.326 e. The van der Waals surface area contributed by atoms with E-state index in [1.54, 1.807) is 17.5 Å². The van der Waals surface area contributed by atoms with Crippen molar-refractivity contribution in [3.05, 3.63) is 34.5 Å². The summed E-state index contributed by atoms with van der Waals surface area (Å²) in [4.78, 5) is 10.3. The van der Waals surface area contributed by atoms with Gasteiger partial charge >= 0.3 is 0 Å². The number of aromatic nitrogens is 2. The number of nitrogens with zero attached hydrogens (tertiary/aromatic N) is 2. The van der Waals surface area contributed by atoms with Crippen LogP contribution in [0.15, 0.2) is 18.3 Å². The van der Waals surface area contributed by atoms with Crippen molar-refractivity contribution in [2.24, 2.45) is 5.73 Å².